The van der Waals surface area contributed by atoms with Crippen molar-refractivity contribution in [3.05, 3.63) is 75.8 Å². The molecule has 0 aliphatic heterocycles. The second kappa shape index (κ2) is 7.21. The largest absolute Gasteiger partial charge is 0.489 e. The second-order valence-electron chi connectivity index (χ2n) is 4.38. The Balaban J connectivity index is 2.00. The molecule has 0 unspecified atom stereocenters. The number of rotatable bonds is 6. The SMILES string of the molecule is NCc1cc([N+](=O)[O-])ccc1OC/C=C/c1ccccc1. The van der Waals surface area contributed by atoms with Gasteiger partial charge in [-0.05, 0) is 17.7 Å². The Kier molecular flexibility index (Phi) is 5.06. The number of non-ortho nitro benzene ring substituents is 1. The molecule has 0 bridgehead atoms. The quantitative estimate of drug-likeness (QED) is 0.653. The van der Waals surface area contributed by atoms with Crippen LogP contribution in [0.1, 0.15) is 11.1 Å². The van der Waals surface area contributed by atoms with E-state index in [1.165, 1.54) is 12.1 Å². The first-order valence-electron chi connectivity index (χ1n) is 6.52. The van der Waals surface area contributed by atoms with Crippen LogP contribution >= 0.6 is 0 Å². The van der Waals surface area contributed by atoms with Crippen LogP contribution in [0.25, 0.3) is 6.08 Å². The van der Waals surface area contributed by atoms with Gasteiger partial charge in [0, 0.05) is 24.2 Å². The number of nitro benzene ring substituents is 1. The molecule has 21 heavy (non-hydrogen) atoms. The topological polar surface area (TPSA) is 78.4 Å². The van der Waals surface area contributed by atoms with Gasteiger partial charge in [0.15, 0.2) is 0 Å². The Labute approximate surface area is 122 Å². The number of hydrogen-bond acceptors (Lipinski definition) is 4. The Morgan fingerprint density at radius 3 is 2.62 bits per heavy atom. The van der Waals surface area contributed by atoms with Gasteiger partial charge in [-0.25, -0.2) is 0 Å². The summed E-state index contributed by atoms with van der Waals surface area (Å²) in [7, 11) is 0. The van der Waals surface area contributed by atoms with Crippen molar-refractivity contribution in [3.8, 4) is 5.75 Å². The minimum Gasteiger partial charge on any atom is -0.489 e. The third-order valence-electron chi connectivity index (χ3n) is 2.92. The van der Waals surface area contributed by atoms with E-state index < -0.39 is 4.92 Å². The predicted molar refractivity (Wildman–Crippen MR) is 82.0 cm³/mol. The van der Waals surface area contributed by atoms with Crippen LogP contribution in [0.4, 0.5) is 5.69 Å². The van der Waals surface area contributed by atoms with E-state index in [0.29, 0.717) is 17.9 Å². The summed E-state index contributed by atoms with van der Waals surface area (Å²) in [5.74, 6) is 0.570. The van der Waals surface area contributed by atoms with Gasteiger partial charge in [0.05, 0.1) is 4.92 Å². The van der Waals surface area contributed by atoms with Crippen molar-refractivity contribution in [1.29, 1.82) is 0 Å². The molecule has 0 saturated heterocycles. The molecule has 0 amide bonds. The Bertz CT molecular complexity index is 639. The highest BCUT2D eigenvalue weighted by Gasteiger charge is 2.10. The van der Waals surface area contributed by atoms with E-state index >= 15 is 0 Å². The standard InChI is InChI=1S/C16H16N2O3/c17-12-14-11-15(18(19)20)8-9-16(14)21-10-4-7-13-5-2-1-3-6-13/h1-9,11H,10,12,17H2/b7-4+. The Morgan fingerprint density at radius 1 is 1.19 bits per heavy atom. The van der Waals surface area contributed by atoms with Gasteiger partial charge in [-0.1, -0.05) is 36.4 Å². The highest BCUT2D eigenvalue weighted by atomic mass is 16.6. The summed E-state index contributed by atoms with van der Waals surface area (Å²) in [6, 6.07) is 14.3. The Morgan fingerprint density at radius 2 is 1.95 bits per heavy atom. The van der Waals surface area contributed by atoms with Crippen molar-refractivity contribution in [2.24, 2.45) is 5.73 Å². The van der Waals surface area contributed by atoms with Gasteiger partial charge in [-0.3, -0.25) is 10.1 Å². The smallest absolute Gasteiger partial charge is 0.270 e. The normalized spacial score (nSPS) is 10.7. The summed E-state index contributed by atoms with van der Waals surface area (Å²) in [5, 5.41) is 10.7. The van der Waals surface area contributed by atoms with Crippen LogP contribution in [-0.2, 0) is 6.54 Å². The molecule has 5 heteroatoms. The molecule has 0 fully saturated rings. The van der Waals surface area contributed by atoms with Crippen LogP contribution in [0, 0.1) is 10.1 Å². The lowest BCUT2D eigenvalue weighted by atomic mass is 10.2. The van der Waals surface area contributed by atoms with E-state index in [1.54, 1.807) is 6.07 Å². The van der Waals surface area contributed by atoms with Crippen molar-refractivity contribution in [3.63, 3.8) is 0 Å². The lowest BCUT2D eigenvalue weighted by molar-refractivity contribution is -0.384. The third kappa shape index (κ3) is 4.15. The van der Waals surface area contributed by atoms with Crippen LogP contribution in [0.5, 0.6) is 5.75 Å². The number of ether oxygens (including phenoxy) is 1. The Hall–Kier alpha value is -2.66. The van der Waals surface area contributed by atoms with Crippen LogP contribution < -0.4 is 10.5 Å². The number of hydrogen-bond donors (Lipinski definition) is 1. The zero-order chi connectivity index (χ0) is 15.1. The van der Waals surface area contributed by atoms with Crippen LogP contribution in [0.3, 0.4) is 0 Å². The first-order chi connectivity index (χ1) is 10.2. The lowest BCUT2D eigenvalue weighted by Crippen LogP contribution is -2.03. The summed E-state index contributed by atoms with van der Waals surface area (Å²) in [5.41, 5.74) is 7.32. The highest BCUT2D eigenvalue weighted by molar-refractivity contribution is 5.49. The average Bonchev–Trinajstić information content (AvgIpc) is 2.52. The van der Waals surface area contributed by atoms with Crippen molar-refractivity contribution in [2.45, 2.75) is 6.54 Å². The van der Waals surface area contributed by atoms with Gasteiger partial charge in [0.2, 0.25) is 0 Å². The van der Waals surface area contributed by atoms with Gasteiger partial charge >= 0.3 is 0 Å². The summed E-state index contributed by atoms with van der Waals surface area (Å²) in [4.78, 5) is 10.3. The molecule has 0 heterocycles. The third-order valence-corrected chi connectivity index (χ3v) is 2.92. The molecule has 0 saturated carbocycles. The molecular weight excluding hydrogens is 268 g/mol. The molecule has 5 nitrogen and oxygen atoms in total. The molecule has 0 aromatic heterocycles. The fraction of sp³-hybridized carbons (Fsp3) is 0.125. The van der Waals surface area contributed by atoms with E-state index in [4.69, 9.17) is 10.5 Å². The molecule has 0 aliphatic rings. The lowest BCUT2D eigenvalue weighted by Gasteiger charge is -2.08. The van der Waals surface area contributed by atoms with E-state index in [9.17, 15) is 10.1 Å². The molecule has 2 aromatic rings. The van der Waals surface area contributed by atoms with Crippen molar-refractivity contribution in [1.82, 2.24) is 0 Å². The summed E-state index contributed by atoms with van der Waals surface area (Å²) in [6.45, 7) is 0.569. The van der Waals surface area contributed by atoms with Crippen molar-refractivity contribution in [2.75, 3.05) is 6.61 Å². The number of nitrogens with two attached hydrogens (primary N) is 1. The van der Waals surface area contributed by atoms with Gasteiger partial charge in [-0.15, -0.1) is 0 Å². The average molecular weight is 284 g/mol. The van der Waals surface area contributed by atoms with Crippen LogP contribution in [0.15, 0.2) is 54.6 Å². The number of nitrogens with zero attached hydrogens (tertiary/aromatic N) is 1. The maximum Gasteiger partial charge on any atom is 0.270 e. The molecule has 0 aliphatic carbocycles. The van der Waals surface area contributed by atoms with Gasteiger partial charge in [0.1, 0.15) is 12.4 Å². The molecule has 0 spiro atoms. The molecule has 0 radical (unpaired) electrons. The molecule has 0 atom stereocenters. The van der Waals surface area contributed by atoms with E-state index in [2.05, 4.69) is 0 Å². The zero-order valence-corrected chi connectivity index (χ0v) is 11.4. The van der Waals surface area contributed by atoms with E-state index in [-0.39, 0.29) is 12.2 Å². The van der Waals surface area contributed by atoms with Gasteiger partial charge in [-0.2, -0.15) is 0 Å². The summed E-state index contributed by atoms with van der Waals surface area (Å²) < 4.78 is 5.60. The molecule has 108 valence electrons. The van der Waals surface area contributed by atoms with Crippen molar-refractivity contribution >= 4 is 11.8 Å². The molecule has 2 aromatic carbocycles. The predicted octanol–water partition coefficient (Wildman–Crippen LogP) is 3.15. The molecular formula is C16H16N2O3. The monoisotopic (exact) mass is 284 g/mol. The number of benzene rings is 2. The minimum absolute atomic E-state index is 0.0163. The van der Waals surface area contributed by atoms with Crippen molar-refractivity contribution < 1.29 is 9.66 Å². The minimum atomic E-state index is -0.446. The van der Waals surface area contributed by atoms with Crippen LogP contribution in [-0.4, -0.2) is 11.5 Å². The fourth-order valence-electron chi connectivity index (χ4n) is 1.87. The fourth-order valence-corrected chi connectivity index (χ4v) is 1.87. The van der Waals surface area contributed by atoms with Crippen LogP contribution in [0.2, 0.25) is 0 Å². The maximum absolute atomic E-state index is 10.7. The second-order valence-corrected chi connectivity index (χ2v) is 4.38. The summed E-state index contributed by atoms with van der Waals surface area (Å²) in [6.07, 6.45) is 3.84. The molecule has 2 N–H and O–H groups in total. The number of nitro groups is 1. The van der Waals surface area contributed by atoms with E-state index in [1.807, 2.05) is 42.5 Å². The maximum atomic E-state index is 10.7. The zero-order valence-electron chi connectivity index (χ0n) is 11.4. The summed E-state index contributed by atoms with van der Waals surface area (Å²) >= 11 is 0. The molecule has 2 rings (SSSR count). The first-order valence-corrected chi connectivity index (χ1v) is 6.52. The highest BCUT2D eigenvalue weighted by Crippen LogP contribution is 2.23. The van der Waals surface area contributed by atoms with Gasteiger partial charge < -0.3 is 10.5 Å². The van der Waals surface area contributed by atoms with E-state index in [0.717, 1.165) is 5.56 Å². The van der Waals surface area contributed by atoms with Gasteiger partial charge in [0.25, 0.3) is 5.69 Å². The first kappa shape index (κ1) is 14.7.